The Morgan fingerprint density at radius 1 is 1.40 bits per heavy atom. The van der Waals surface area contributed by atoms with Gasteiger partial charge < -0.3 is 9.88 Å². The second-order valence-corrected chi connectivity index (χ2v) is 4.54. The van der Waals surface area contributed by atoms with Gasteiger partial charge in [0.15, 0.2) is 0 Å². The maximum absolute atomic E-state index is 4.21. The Bertz CT molecular complexity index is 278. The van der Waals surface area contributed by atoms with Gasteiger partial charge in [-0.3, -0.25) is 0 Å². The lowest BCUT2D eigenvalue weighted by molar-refractivity contribution is 0.359. The van der Waals surface area contributed by atoms with Gasteiger partial charge in [-0.1, -0.05) is 27.7 Å². The van der Waals surface area contributed by atoms with Crippen molar-refractivity contribution in [2.24, 2.45) is 11.8 Å². The molecule has 1 aromatic heterocycles. The number of nitrogens with one attached hydrogen (secondary N) is 1. The van der Waals surface area contributed by atoms with Crippen molar-refractivity contribution in [3.63, 3.8) is 0 Å². The van der Waals surface area contributed by atoms with Crippen LogP contribution in [0, 0.1) is 11.8 Å². The van der Waals surface area contributed by atoms with Gasteiger partial charge in [-0.25, -0.2) is 4.98 Å². The molecule has 0 bridgehead atoms. The van der Waals surface area contributed by atoms with E-state index in [0.717, 1.165) is 25.6 Å². The lowest BCUT2D eigenvalue weighted by Gasteiger charge is -2.17. The molecule has 1 rings (SSSR count). The molecule has 0 aliphatic heterocycles. The third-order valence-corrected chi connectivity index (χ3v) is 2.98. The van der Waals surface area contributed by atoms with E-state index >= 15 is 0 Å². The monoisotopic (exact) mass is 209 g/mol. The van der Waals surface area contributed by atoms with Crippen LogP contribution >= 0.6 is 0 Å². The molecule has 0 amide bonds. The van der Waals surface area contributed by atoms with Crippen molar-refractivity contribution in [2.45, 2.75) is 40.8 Å². The Kier molecular flexibility index (Phi) is 4.82. The van der Waals surface area contributed by atoms with Crippen LogP contribution < -0.4 is 5.32 Å². The highest BCUT2D eigenvalue weighted by molar-refractivity contribution is 4.98. The molecule has 0 radical (unpaired) electrons. The van der Waals surface area contributed by atoms with Gasteiger partial charge in [-0.05, 0) is 18.4 Å². The molecular weight excluding hydrogens is 186 g/mol. The van der Waals surface area contributed by atoms with Gasteiger partial charge in [0.1, 0.15) is 0 Å². The SMILES string of the molecule is CCNCc1cncn1CC(C)C(C)C. The van der Waals surface area contributed by atoms with E-state index in [9.17, 15) is 0 Å². The molecule has 1 atom stereocenters. The van der Waals surface area contributed by atoms with Crippen LogP contribution in [0.4, 0.5) is 0 Å². The average molecular weight is 209 g/mol. The fraction of sp³-hybridized carbons (Fsp3) is 0.750. The van der Waals surface area contributed by atoms with E-state index in [-0.39, 0.29) is 0 Å². The zero-order chi connectivity index (χ0) is 11.3. The van der Waals surface area contributed by atoms with E-state index in [1.165, 1.54) is 5.69 Å². The zero-order valence-electron chi connectivity index (χ0n) is 10.3. The van der Waals surface area contributed by atoms with Crippen molar-refractivity contribution in [1.29, 1.82) is 0 Å². The Labute approximate surface area is 92.9 Å². The molecule has 3 nitrogen and oxygen atoms in total. The second kappa shape index (κ2) is 5.91. The Balaban J connectivity index is 2.56. The van der Waals surface area contributed by atoms with E-state index in [1.54, 1.807) is 0 Å². The highest BCUT2D eigenvalue weighted by Gasteiger charge is 2.09. The van der Waals surface area contributed by atoms with E-state index in [4.69, 9.17) is 0 Å². The first-order chi connectivity index (χ1) is 7.15. The van der Waals surface area contributed by atoms with Crippen LogP contribution in [0.25, 0.3) is 0 Å². The summed E-state index contributed by atoms with van der Waals surface area (Å²) in [6.07, 6.45) is 3.89. The van der Waals surface area contributed by atoms with Gasteiger partial charge in [0.05, 0.1) is 12.0 Å². The summed E-state index contributed by atoms with van der Waals surface area (Å²) in [7, 11) is 0. The van der Waals surface area contributed by atoms with Crippen molar-refractivity contribution >= 4 is 0 Å². The van der Waals surface area contributed by atoms with Crippen LogP contribution in [0.1, 0.15) is 33.4 Å². The summed E-state index contributed by atoms with van der Waals surface area (Å²) >= 11 is 0. The van der Waals surface area contributed by atoms with Gasteiger partial charge in [0.2, 0.25) is 0 Å². The Hall–Kier alpha value is -0.830. The number of nitrogens with zero attached hydrogens (tertiary/aromatic N) is 2. The topological polar surface area (TPSA) is 29.9 Å². The molecule has 1 N–H and O–H groups in total. The molecule has 0 aliphatic carbocycles. The maximum Gasteiger partial charge on any atom is 0.0948 e. The summed E-state index contributed by atoms with van der Waals surface area (Å²) in [5.41, 5.74) is 1.28. The van der Waals surface area contributed by atoms with Crippen LogP contribution in [-0.4, -0.2) is 16.1 Å². The Morgan fingerprint density at radius 2 is 2.13 bits per heavy atom. The second-order valence-electron chi connectivity index (χ2n) is 4.54. The molecule has 1 unspecified atom stereocenters. The molecule has 0 fully saturated rings. The predicted molar refractivity (Wildman–Crippen MR) is 63.6 cm³/mol. The number of aromatic nitrogens is 2. The minimum Gasteiger partial charge on any atom is -0.333 e. The average Bonchev–Trinajstić information content (AvgIpc) is 2.62. The normalized spacial score (nSPS) is 13.4. The van der Waals surface area contributed by atoms with Gasteiger partial charge in [-0.2, -0.15) is 0 Å². The molecule has 0 aliphatic rings. The summed E-state index contributed by atoms with van der Waals surface area (Å²) in [5, 5.41) is 3.33. The standard InChI is InChI=1S/C12H23N3/c1-5-13-6-12-7-14-9-15(12)8-11(4)10(2)3/h7,9-11,13H,5-6,8H2,1-4H3. The summed E-state index contributed by atoms with van der Waals surface area (Å²) in [6, 6.07) is 0. The van der Waals surface area contributed by atoms with E-state index in [2.05, 4.69) is 42.6 Å². The van der Waals surface area contributed by atoms with E-state index in [0.29, 0.717) is 5.92 Å². The summed E-state index contributed by atoms with van der Waals surface area (Å²) in [6.45, 7) is 11.9. The molecule has 0 saturated carbocycles. The van der Waals surface area contributed by atoms with Crippen molar-refractivity contribution in [3.05, 3.63) is 18.2 Å². The van der Waals surface area contributed by atoms with Crippen LogP contribution in [0.15, 0.2) is 12.5 Å². The minimum absolute atomic E-state index is 0.694. The number of rotatable bonds is 6. The zero-order valence-corrected chi connectivity index (χ0v) is 10.3. The largest absolute Gasteiger partial charge is 0.333 e. The summed E-state index contributed by atoms with van der Waals surface area (Å²) < 4.78 is 2.26. The smallest absolute Gasteiger partial charge is 0.0948 e. The third kappa shape index (κ3) is 3.67. The van der Waals surface area contributed by atoms with Crippen LogP contribution in [-0.2, 0) is 13.1 Å². The van der Waals surface area contributed by atoms with Crippen molar-refractivity contribution in [1.82, 2.24) is 14.9 Å². The van der Waals surface area contributed by atoms with Gasteiger partial charge in [0, 0.05) is 19.3 Å². The fourth-order valence-electron chi connectivity index (χ4n) is 1.43. The number of hydrogen-bond acceptors (Lipinski definition) is 2. The molecular formula is C12H23N3. The first-order valence-electron chi connectivity index (χ1n) is 5.84. The van der Waals surface area contributed by atoms with E-state index in [1.807, 2.05) is 12.5 Å². The van der Waals surface area contributed by atoms with Crippen LogP contribution in [0.2, 0.25) is 0 Å². The third-order valence-electron chi connectivity index (χ3n) is 2.98. The van der Waals surface area contributed by atoms with Gasteiger partial charge in [0.25, 0.3) is 0 Å². The van der Waals surface area contributed by atoms with Crippen molar-refractivity contribution < 1.29 is 0 Å². The molecule has 86 valence electrons. The molecule has 1 heterocycles. The van der Waals surface area contributed by atoms with Crippen LogP contribution in [0.5, 0.6) is 0 Å². The summed E-state index contributed by atoms with van der Waals surface area (Å²) in [5.74, 6) is 1.42. The number of imidazole rings is 1. The highest BCUT2D eigenvalue weighted by atomic mass is 15.1. The molecule has 1 aromatic rings. The first kappa shape index (κ1) is 12.2. The molecule has 0 saturated heterocycles. The minimum atomic E-state index is 0.694. The van der Waals surface area contributed by atoms with Crippen molar-refractivity contribution in [3.8, 4) is 0 Å². The number of hydrogen-bond donors (Lipinski definition) is 1. The summed E-state index contributed by atoms with van der Waals surface area (Å²) in [4.78, 5) is 4.21. The van der Waals surface area contributed by atoms with E-state index < -0.39 is 0 Å². The molecule has 3 heteroatoms. The lowest BCUT2D eigenvalue weighted by atomic mass is 9.98. The van der Waals surface area contributed by atoms with Gasteiger partial charge >= 0.3 is 0 Å². The first-order valence-corrected chi connectivity index (χ1v) is 5.84. The quantitative estimate of drug-likeness (QED) is 0.779. The lowest BCUT2D eigenvalue weighted by Crippen LogP contribution is -2.18. The molecule has 0 spiro atoms. The highest BCUT2D eigenvalue weighted by Crippen LogP contribution is 2.13. The maximum atomic E-state index is 4.21. The van der Waals surface area contributed by atoms with Gasteiger partial charge in [-0.15, -0.1) is 0 Å². The predicted octanol–water partition coefficient (Wildman–Crippen LogP) is 2.28. The van der Waals surface area contributed by atoms with Crippen molar-refractivity contribution in [2.75, 3.05) is 6.54 Å². The Morgan fingerprint density at radius 3 is 2.73 bits per heavy atom. The fourth-order valence-corrected chi connectivity index (χ4v) is 1.43. The molecule has 0 aromatic carbocycles. The van der Waals surface area contributed by atoms with Crippen LogP contribution in [0.3, 0.4) is 0 Å². The molecule has 15 heavy (non-hydrogen) atoms.